The Morgan fingerprint density at radius 1 is 1.11 bits per heavy atom. The van der Waals surface area contributed by atoms with Crippen LogP contribution in [0.2, 0.25) is 0 Å². The number of carbonyl (C=O) groups is 1. The maximum Gasteiger partial charge on any atom is 0.437 e. The van der Waals surface area contributed by atoms with Gasteiger partial charge in [0.2, 0.25) is 0 Å². The van der Waals surface area contributed by atoms with E-state index in [9.17, 15) is 18.0 Å². The molecule has 4 aromatic heterocycles. The van der Waals surface area contributed by atoms with Crippen LogP contribution < -0.4 is 5.32 Å². The highest BCUT2D eigenvalue weighted by Crippen LogP contribution is 2.37. The maximum absolute atomic E-state index is 13.9. The Kier molecular flexibility index (Phi) is 5.81. The molecule has 0 aliphatic carbocycles. The number of rotatable bonds is 5. The Balaban J connectivity index is 1.58. The van der Waals surface area contributed by atoms with Crippen molar-refractivity contribution >= 4 is 22.5 Å². The third-order valence-corrected chi connectivity index (χ3v) is 6.17. The van der Waals surface area contributed by atoms with Gasteiger partial charge in [-0.1, -0.05) is 23.4 Å². The first-order valence-corrected chi connectivity index (χ1v) is 11.3. The molecule has 5 rings (SSSR count). The van der Waals surface area contributed by atoms with Crippen molar-refractivity contribution in [3.8, 4) is 11.3 Å². The van der Waals surface area contributed by atoms with Crippen molar-refractivity contribution in [2.75, 3.05) is 5.32 Å². The lowest BCUT2D eigenvalue weighted by atomic mass is 10.0. The predicted octanol–water partition coefficient (Wildman–Crippen LogP) is 5.06. The number of nitrogens with one attached hydrogen (secondary N) is 1. The Labute approximate surface area is 208 Å². The molecule has 0 saturated heterocycles. The standard InChI is InChI=1S/C25H22F3N7O2/c1-13-9-16(33-37-13)12-35-15(3)22(23(32-35)25(26,27)28)31-24(36)18-10-21(19-11-29-34(4)14(19)2)30-20-8-6-5-7-17(18)20/h5-11H,12H2,1-4H3,(H,31,36). The normalized spacial score (nSPS) is 11.9. The van der Waals surface area contributed by atoms with E-state index in [4.69, 9.17) is 4.52 Å². The number of aryl methyl sites for hydroxylation is 2. The molecule has 0 radical (unpaired) electrons. The average Bonchev–Trinajstić information content (AvgIpc) is 3.51. The van der Waals surface area contributed by atoms with Crippen LogP contribution >= 0.6 is 0 Å². The molecule has 0 fully saturated rings. The van der Waals surface area contributed by atoms with E-state index in [0.717, 1.165) is 10.4 Å². The van der Waals surface area contributed by atoms with Crippen LogP contribution in [0, 0.1) is 20.8 Å². The quantitative estimate of drug-likeness (QED) is 0.355. The topological polar surface area (TPSA) is 104 Å². The fourth-order valence-electron chi connectivity index (χ4n) is 4.13. The summed E-state index contributed by atoms with van der Waals surface area (Å²) in [6, 6.07) is 10.1. The monoisotopic (exact) mass is 509 g/mol. The minimum Gasteiger partial charge on any atom is -0.361 e. The van der Waals surface area contributed by atoms with E-state index in [1.807, 2.05) is 6.92 Å². The van der Waals surface area contributed by atoms with E-state index >= 15 is 0 Å². The van der Waals surface area contributed by atoms with Gasteiger partial charge in [0.15, 0.2) is 5.69 Å². The molecule has 0 atom stereocenters. The highest BCUT2D eigenvalue weighted by Gasteiger charge is 2.39. The summed E-state index contributed by atoms with van der Waals surface area (Å²) in [5.41, 5.74) is 1.65. The van der Waals surface area contributed by atoms with Gasteiger partial charge < -0.3 is 9.84 Å². The van der Waals surface area contributed by atoms with Crippen LogP contribution in [-0.2, 0) is 19.8 Å². The largest absolute Gasteiger partial charge is 0.437 e. The first-order valence-electron chi connectivity index (χ1n) is 11.3. The molecule has 9 nitrogen and oxygen atoms in total. The van der Waals surface area contributed by atoms with Crippen LogP contribution in [-0.4, -0.2) is 35.6 Å². The number of hydrogen-bond acceptors (Lipinski definition) is 6. The number of halogens is 3. The van der Waals surface area contributed by atoms with E-state index in [2.05, 4.69) is 25.7 Å². The number of anilines is 1. The number of fused-ring (bicyclic) bond motifs is 1. The smallest absolute Gasteiger partial charge is 0.361 e. The van der Waals surface area contributed by atoms with Gasteiger partial charge in [-0.3, -0.25) is 14.2 Å². The van der Waals surface area contributed by atoms with Gasteiger partial charge in [0.05, 0.1) is 40.9 Å². The van der Waals surface area contributed by atoms with E-state index < -0.39 is 23.5 Å². The van der Waals surface area contributed by atoms with Crippen LogP contribution in [0.1, 0.15) is 38.9 Å². The Hall–Kier alpha value is -4.48. The molecule has 4 heterocycles. The molecule has 0 aliphatic heterocycles. The summed E-state index contributed by atoms with van der Waals surface area (Å²) in [6.45, 7) is 4.95. The molecule has 190 valence electrons. The van der Waals surface area contributed by atoms with Crippen molar-refractivity contribution in [3.63, 3.8) is 0 Å². The number of carbonyl (C=O) groups excluding carboxylic acids is 1. The minimum atomic E-state index is -4.79. The molecule has 0 saturated carbocycles. The van der Waals surface area contributed by atoms with Gasteiger partial charge in [-0.05, 0) is 32.9 Å². The van der Waals surface area contributed by atoms with Crippen LogP contribution in [0.5, 0.6) is 0 Å². The van der Waals surface area contributed by atoms with Crippen molar-refractivity contribution in [3.05, 3.63) is 76.7 Å². The Morgan fingerprint density at radius 2 is 1.86 bits per heavy atom. The molecule has 12 heteroatoms. The molecule has 1 aromatic carbocycles. The average molecular weight is 509 g/mol. The summed E-state index contributed by atoms with van der Waals surface area (Å²) in [6.07, 6.45) is -3.16. The van der Waals surface area contributed by atoms with Crippen molar-refractivity contribution in [2.45, 2.75) is 33.5 Å². The van der Waals surface area contributed by atoms with E-state index in [1.54, 1.807) is 61.2 Å². The number of alkyl halides is 3. The van der Waals surface area contributed by atoms with Crippen molar-refractivity contribution in [1.29, 1.82) is 0 Å². The number of pyridine rings is 1. The van der Waals surface area contributed by atoms with E-state index in [1.165, 1.54) is 6.92 Å². The van der Waals surface area contributed by atoms with Gasteiger partial charge in [0.25, 0.3) is 5.91 Å². The van der Waals surface area contributed by atoms with Crippen molar-refractivity contribution < 1.29 is 22.5 Å². The molecular weight excluding hydrogens is 487 g/mol. The van der Waals surface area contributed by atoms with Gasteiger partial charge in [-0.2, -0.15) is 23.4 Å². The van der Waals surface area contributed by atoms with Gasteiger partial charge in [0.1, 0.15) is 11.5 Å². The lowest BCUT2D eigenvalue weighted by Gasteiger charge is -2.12. The van der Waals surface area contributed by atoms with E-state index in [0.29, 0.717) is 33.6 Å². The predicted molar refractivity (Wildman–Crippen MR) is 129 cm³/mol. The second kappa shape index (κ2) is 8.87. The summed E-state index contributed by atoms with van der Waals surface area (Å²) >= 11 is 0. The van der Waals surface area contributed by atoms with Crippen molar-refractivity contribution in [1.82, 2.24) is 29.7 Å². The lowest BCUT2D eigenvalue weighted by Crippen LogP contribution is -2.17. The third kappa shape index (κ3) is 4.46. The van der Waals surface area contributed by atoms with Crippen LogP contribution in [0.15, 0.2) is 47.1 Å². The molecule has 1 N–H and O–H groups in total. The number of aromatic nitrogens is 6. The SMILES string of the molecule is Cc1cc(Cn2nc(C(F)(F)F)c(NC(=O)c3cc(-c4cnn(C)c4C)nc4ccccc34)c2C)no1. The number of nitrogens with zero attached hydrogens (tertiary/aromatic N) is 6. The fourth-order valence-corrected chi connectivity index (χ4v) is 4.13. The van der Waals surface area contributed by atoms with Crippen LogP contribution in [0.25, 0.3) is 22.2 Å². The lowest BCUT2D eigenvalue weighted by molar-refractivity contribution is -0.140. The molecule has 0 spiro atoms. The third-order valence-electron chi connectivity index (χ3n) is 6.17. The molecule has 0 unspecified atom stereocenters. The molecule has 0 aliphatic rings. The first kappa shape index (κ1) is 24.2. The number of benzene rings is 1. The minimum absolute atomic E-state index is 0.0508. The second-order valence-corrected chi connectivity index (χ2v) is 8.69. The van der Waals surface area contributed by atoms with E-state index in [-0.39, 0.29) is 17.8 Å². The molecule has 37 heavy (non-hydrogen) atoms. The van der Waals surface area contributed by atoms with Crippen LogP contribution in [0.4, 0.5) is 18.9 Å². The zero-order valence-corrected chi connectivity index (χ0v) is 20.4. The molecular formula is C25H22F3N7O2. The van der Waals surface area contributed by atoms with Gasteiger partial charge in [-0.25, -0.2) is 4.98 Å². The van der Waals surface area contributed by atoms with Gasteiger partial charge in [0, 0.05) is 29.8 Å². The molecule has 0 bridgehead atoms. The molecule has 5 aromatic rings. The maximum atomic E-state index is 13.9. The summed E-state index contributed by atoms with van der Waals surface area (Å²) < 4.78 is 49.7. The molecule has 1 amide bonds. The van der Waals surface area contributed by atoms with Gasteiger partial charge >= 0.3 is 6.18 Å². The first-order chi connectivity index (χ1) is 17.5. The number of hydrogen-bond donors (Lipinski definition) is 1. The van der Waals surface area contributed by atoms with Crippen LogP contribution in [0.3, 0.4) is 0 Å². The Bertz CT molecular complexity index is 1650. The summed E-state index contributed by atoms with van der Waals surface area (Å²) in [7, 11) is 1.78. The summed E-state index contributed by atoms with van der Waals surface area (Å²) in [5.74, 6) is -0.194. The highest BCUT2D eigenvalue weighted by molar-refractivity contribution is 6.13. The number of para-hydroxylation sites is 1. The summed E-state index contributed by atoms with van der Waals surface area (Å²) in [5, 5.41) is 14.8. The number of amides is 1. The van der Waals surface area contributed by atoms with Gasteiger partial charge in [-0.15, -0.1) is 0 Å². The fraction of sp³-hybridized carbons (Fsp3) is 0.240. The van der Waals surface area contributed by atoms with Crippen molar-refractivity contribution in [2.24, 2.45) is 7.05 Å². The highest BCUT2D eigenvalue weighted by atomic mass is 19.4. The summed E-state index contributed by atoms with van der Waals surface area (Å²) in [4.78, 5) is 18.2. The zero-order valence-electron chi connectivity index (χ0n) is 20.4. The second-order valence-electron chi connectivity index (χ2n) is 8.69. The zero-order chi connectivity index (χ0) is 26.5. The Morgan fingerprint density at radius 3 is 2.51 bits per heavy atom.